The fourth-order valence-electron chi connectivity index (χ4n) is 3.63. The number of hydrogen-bond acceptors (Lipinski definition) is 6. The average Bonchev–Trinajstić information content (AvgIpc) is 2.83. The number of halogens is 4. The minimum absolute atomic E-state index is 0. The molecule has 0 saturated heterocycles. The standard InChI is InChI=1S/C25H18ClF3N2O5S.Na/c1-15-13-20-21(26)3-2-4-22(20)30-23(15)31(14-16-5-9-18(10-6-16)36-25(27,28)29)37(34,35)19-11-7-17(8-12-19)24(32)33;/h2-13H,14H2,1H3,(H,32,33);/q;+1/p-1. The van der Waals surface area contributed by atoms with Crippen molar-refractivity contribution in [1.29, 1.82) is 0 Å². The normalized spacial score (nSPS) is 11.6. The Hall–Kier alpha value is -2.83. The van der Waals surface area contributed by atoms with Crippen LogP contribution in [0.1, 0.15) is 21.5 Å². The Morgan fingerprint density at radius 3 is 2.26 bits per heavy atom. The number of anilines is 1. The van der Waals surface area contributed by atoms with E-state index in [2.05, 4.69) is 9.72 Å². The van der Waals surface area contributed by atoms with Gasteiger partial charge in [0.1, 0.15) is 11.6 Å². The summed E-state index contributed by atoms with van der Waals surface area (Å²) in [6, 6.07) is 15.9. The zero-order chi connectivity index (χ0) is 27.0. The van der Waals surface area contributed by atoms with Crippen LogP contribution in [0.5, 0.6) is 5.75 Å². The predicted octanol–water partition coefficient (Wildman–Crippen LogP) is 1.86. The molecule has 0 aliphatic heterocycles. The van der Waals surface area contributed by atoms with Gasteiger partial charge in [0.15, 0.2) is 0 Å². The third kappa shape index (κ3) is 6.59. The summed E-state index contributed by atoms with van der Waals surface area (Å²) < 4.78 is 70.0. The van der Waals surface area contributed by atoms with Crippen molar-refractivity contribution in [3.8, 4) is 5.75 Å². The van der Waals surface area contributed by atoms with Gasteiger partial charge in [-0.3, -0.25) is 0 Å². The summed E-state index contributed by atoms with van der Waals surface area (Å²) in [7, 11) is -4.32. The maximum absolute atomic E-state index is 13.8. The van der Waals surface area contributed by atoms with E-state index >= 15 is 0 Å². The molecule has 0 fully saturated rings. The monoisotopic (exact) mass is 572 g/mol. The number of carbonyl (C=O) groups is 1. The van der Waals surface area contributed by atoms with E-state index < -0.39 is 28.1 Å². The minimum Gasteiger partial charge on any atom is -0.545 e. The van der Waals surface area contributed by atoms with Crippen molar-refractivity contribution >= 4 is 44.3 Å². The molecule has 0 unspecified atom stereocenters. The zero-order valence-corrected chi connectivity index (χ0v) is 23.6. The van der Waals surface area contributed by atoms with Crippen molar-refractivity contribution in [2.24, 2.45) is 0 Å². The van der Waals surface area contributed by atoms with Crippen LogP contribution in [-0.2, 0) is 16.6 Å². The van der Waals surface area contributed by atoms with Gasteiger partial charge in [0, 0.05) is 10.4 Å². The molecule has 7 nitrogen and oxygen atoms in total. The molecular weight excluding hydrogens is 556 g/mol. The Morgan fingerprint density at radius 1 is 1.05 bits per heavy atom. The van der Waals surface area contributed by atoms with Crippen LogP contribution in [0.25, 0.3) is 10.9 Å². The van der Waals surface area contributed by atoms with E-state index in [1.54, 1.807) is 31.2 Å². The molecule has 192 valence electrons. The number of aromatic nitrogens is 1. The maximum Gasteiger partial charge on any atom is 1.00 e. The second-order valence-corrected chi connectivity index (χ2v) is 10.2. The zero-order valence-electron chi connectivity index (χ0n) is 20.0. The van der Waals surface area contributed by atoms with E-state index in [-0.39, 0.29) is 52.4 Å². The van der Waals surface area contributed by atoms with Gasteiger partial charge in [-0.05, 0) is 66.1 Å². The maximum atomic E-state index is 13.8. The first-order chi connectivity index (χ1) is 17.3. The minimum atomic E-state index is -4.87. The van der Waals surface area contributed by atoms with E-state index in [4.69, 9.17) is 11.6 Å². The van der Waals surface area contributed by atoms with Gasteiger partial charge in [0.2, 0.25) is 0 Å². The van der Waals surface area contributed by atoms with Crippen LogP contribution in [0, 0.1) is 6.92 Å². The number of rotatable bonds is 7. The van der Waals surface area contributed by atoms with Crippen LogP contribution >= 0.6 is 11.6 Å². The van der Waals surface area contributed by atoms with E-state index in [9.17, 15) is 31.5 Å². The summed E-state index contributed by atoms with van der Waals surface area (Å²) in [6.45, 7) is 1.35. The predicted molar refractivity (Wildman–Crippen MR) is 129 cm³/mol. The van der Waals surface area contributed by atoms with Gasteiger partial charge in [-0.25, -0.2) is 17.7 Å². The molecule has 38 heavy (non-hydrogen) atoms. The quantitative estimate of drug-likeness (QED) is 0.314. The number of pyridine rings is 1. The topological polar surface area (TPSA) is 99.6 Å². The summed E-state index contributed by atoms with van der Waals surface area (Å²) in [5, 5.41) is 12.1. The number of sulfonamides is 1. The van der Waals surface area contributed by atoms with Crippen molar-refractivity contribution in [1.82, 2.24) is 4.98 Å². The molecule has 3 aromatic carbocycles. The average molecular weight is 573 g/mol. The van der Waals surface area contributed by atoms with Crippen LogP contribution in [0.2, 0.25) is 5.02 Å². The van der Waals surface area contributed by atoms with Crippen molar-refractivity contribution in [3.05, 3.63) is 94.5 Å². The summed E-state index contributed by atoms with van der Waals surface area (Å²) in [4.78, 5) is 15.4. The Morgan fingerprint density at radius 2 is 1.68 bits per heavy atom. The third-order valence-corrected chi connectivity index (χ3v) is 7.45. The Labute approximate surface area is 243 Å². The second kappa shape index (κ2) is 11.5. The Balaban J connectivity index is 0.00000400. The fraction of sp³-hybridized carbons (Fsp3) is 0.120. The molecule has 0 amide bonds. The van der Waals surface area contributed by atoms with Gasteiger partial charge >= 0.3 is 35.9 Å². The van der Waals surface area contributed by atoms with Gasteiger partial charge in [0.05, 0.1) is 22.9 Å². The number of ether oxygens (including phenoxy) is 1. The van der Waals surface area contributed by atoms with Crippen LogP contribution < -0.4 is 43.7 Å². The van der Waals surface area contributed by atoms with Crippen LogP contribution in [0.3, 0.4) is 0 Å². The van der Waals surface area contributed by atoms with E-state index in [0.29, 0.717) is 27.1 Å². The van der Waals surface area contributed by atoms with E-state index in [1.165, 1.54) is 12.1 Å². The van der Waals surface area contributed by atoms with Crippen molar-refractivity contribution < 1.29 is 65.8 Å². The molecule has 0 radical (unpaired) electrons. The SMILES string of the molecule is Cc1cc2c(Cl)cccc2nc1N(Cc1ccc(OC(F)(F)F)cc1)S(=O)(=O)c1ccc(C(=O)[O-])cc1.[Na+]. The first-order valence-corrected chi connectivity index (χ1v) is 12.4. The number of carboxylic acid groups (broad SMARTS) is 1. The summed E-state index contributed by atoms with van der Waals surface area (Å²) in [6.07, 6.45) is -4.87. The summed E-state index contributed by atoms with van der Waals surface area (Å²) in [5.74, 6) is -1.86. The molecule has 4 aromatic rings. The van der Waals surface area contributed by atoms with Crippen LogP contribution in [0.4, 0.5) is 19.0 Å². The molecule has 0 bridgehead atoms. The molecule has 0 saturated carbocycles. The fourth-order valence-corrected chi connectivity index (χ4v) is 5.32. The third-order valence-electron chi connectivity index (χ3n) is 5.37. The molecule has 0 N–H and O–H groups in total. The number of carboxylic acids is 1. The van der Waals surface area contributed by atoms with Gasteiger partial charge in [-0.1, -0.05) is 41.9 Å². The number of alkyl halides is 3. The van der Waals surface area contributed by atoms with E-state index in [0.717, 1.165) is 40.7 Å². The second-order valence-electron chi connectivity index (χ2n) is 7.95. The Kier molecular flexibility index (Phi) is 9.00. The Bertz CT molecular complexity index is 1580. The van der Waals surface area contributed by atoms with Gasteiger partial charge in [-0.15, -0.1) is 13.2 Å². The molecular formula is C25H17ClF3N2NaO5S. The van der Waals surface area contributed by atoms with Gasteiger partial charge in [-0.2, -0.15) is 0 Å². The molecule has 0 spiro atoms. The number of carbonyl (C=O) groups excluding carboxylic acids is 1. The number of aromatic carboxylic acids is 1. The number of nitrogens with zero attached hydrogens (tertiary/aromatic N) is 2. The molecule has 0 aliphatic rings. The first kappa shape index (κ1) is 29.7. The van der Waals surface area contributed by atoms with Gasteiger partial charge in [0.25, 0.3) is 10.0 Å². The molecule has 4 rings (SSSR count). The summed E-state index contributed by atoms with van der Waals surface area (Å²) in [5.41, 5.74) is 1.03. The number of benzene rings is 3. The molecule has 13 heteroatoms. The first-order valence-electron chi connectivity index (χ1n) is 10.6. The van der Waals surface area contributed by atoms with Crippen molar-refractivity contribution in [3.63, 3.8) is 0 Å². The number of fused-ring (bicyclic) bond motifs is 1. The molecule has 0 aliphatic carbocycles. The summed E-state index contributed by atoms with van der Waals surface area (Å²) >= 11 is 6.26. The van der Waals surface area contributed by atoms with Crippen molar-refractivity contribution in [2.45, 2.75) is 24.7 Å². The number of hydrogen-bond donors (Lipinski definition) is 0. The number of aryl methyl sites for hydroxylation is 1. The molecule has 0 atom stereocenters. The van der Waals surface area contributed by atoms with E-state index in [1.807, 2.05) is 0 Å². The van der Waals surface area contributed by atoms with Crippen LogP contribution in [-0.4, -0.2) is 25.7 Å². The van der Waals surface area contributed by atoms with Gasteiger partial charge < -0.3 is 14.6 Å². The largest absolute Gasteiger partial charge is 1.00 e. The molecule has 1 aromatic heterocycles. The smallest absolute Gasteiger partial charge is 0.545 e. The van der Waals surface area contributed by atoms with Crippen molar-refractivity contribution in [2.75, 3.05) is 4.31 Å². The van der Waals surface area contributed by atoms with Crippen LogP contribution in [0.15, 0.2) is 77.7 Å². The molecule has 1 heterocycles.